The standard InChI is InChI=1S/C9H19NO2/c1-3-4-5-6-7-10-8-9(11)12-2/h10H,3-8H2,1-2H3. The lowest BCUT2D eigenvalue weighted by Gasteiger charge is -2.02. The Morgan fingerprint density at radius 3 is 2.67 bits per heavy atom. The molecule has 0 aliphatic rings. The summed E-state index contributed by atoms with van der Waals surface area (Å²) in [5.41, 5.74) is 0. The molecule has 0 saturated carbocycles. The number of unbranched alkanes of at least 4 members (excludes halogenated alkanes) is 3. The molecule has 0 aliphatic carbocycles. The van der Waals surface area contributed by atoms with Crippen molar-refractivity contribution in [2.24, 2.45) is 0 Å². The third-order valence-corrected chi connectivity index (χ3v) is 1.70. The number of hydrogen-bond acceptors (Lipinski definition) is 3. The number of ether oxygens (including phenoxy) is 1. The summed E-state index contributed by atoms with van der Waals surface area (Å²) in [4.78, 5) is 10.6. The maximum atomic E-state index is 10.6. The van der Waals surface area contributed by atoms with Crippen LogP contribution in [0.25, 0.3) is 0 Å². The molecule has 72 valence electrons. The minimum absolute atomic E-state index is 0.189. The van der Waals surface area contributed by atoms with E-state index in [-0.39, 0.29) is 5.97 Å². The highest BCUT2D eigenvalue weighted by Crippen LogP contribution is 1.96. The Hall–Kier alpha value is -0.570. The fourth-order valence-electron chi connectivity index (χ4n) is 0.939. The SMILES string of the molecule is CCCCCCNCC(=O)OC. The average Bonchev–Trinajstić information content (AvgIpc) is 2.10. The zero-order valence-electron chi connectivity index (χ0n) is 8.06. The summed E-state index contributed by atoms with van der Waals surface area (Å²) >= 11 is 0. The van der Waals surface area contributed by atoms with E-state index in [9.17, 15) is 4.79 Å². The molecule has 0 heterocycles. The van der Waals surface area contributed by atoms with E-state index in [1.807, 2.05) is 0 Å². The summed E-state index contributed by atoms with van der Waals surface area (Å²) in [6, 6.07) is 0. The number of hydrogen-bond donors (Lipinski definition) is 1. The molecule has 0 rings (SSSR count). The van der Waals surface area contributed by atoms with E-state index in [0.717, 1.165) is 13.0 Å². The second-order valence-corrected chi connectivity index (χ2v) is 2.81. The molecule has 0 radical (unpaired) electrons. The monoisotopic (exact) mass is 173 g/mol. The fraction of sp³-hybridized carbons (Fsp3) is 0.889. The summed E-state index contributed by atoms with van der Waals surface area (Å²) in [7, 11) is 1.40. The Morgan fingerprint density at radius 1 is 1.33 bits per heavy atom. The van der Waals surface area contributed by atoms with Crippen LogP contribution in [0.2, 0.25) is 0 Å². The van der Waals surface area contributed by atoms with Gasteiger partial charge in [-0.1, -0.05) is 26.2 Å². The summed E-state index contributed by atoms with van der Waals surface area (Å²) in [5.74, 6) is -0.189. The summed E-state index contributed by atoms with van der Waals surface area (Å²) in [6.07, 6.45) is 4.91. The topological polar surface area (TPSA) is 38.3 Å². The number of carbonyl (C=O) groups excluding carboxylic acids is 1. The van der Waals surface area contributed by atoms with Crippen molar-refractivity contribution in [2.75, 3.05) is 20.2 Å². The van der Waals surface area contributed by atoms with Crippen molar-refractivity contribution in [1.29, 1.82) is 0 Å². The van der Waals surface area contributed by atoms with Gasteiger partial charge in [0, 0.05) is 0 Å². The molecule has 1 N–H and O–H groups in total. The van der Waals surface area contributed by atoms with Crippen molar-refractivity contribution < 1.29 is 9.53 Å². The molecule has 0 atom stereocenters. The molecule has 0 amide bonds. The quantitative estimate of drug-likeness (QED) is 0.466. The first-order valence-electron chi connectivity index (χ1n) is 4.58. The predicted octanol–water partition coefficient (Wildman–Crippen LogP) is 1.33. The van der Waals surface area contributed by atoms with Crippen molar-refractivity contribution >= 4 is 5.97 Å². The Kier molecular flexibility index (Phi) is 8.12. The number of rotatable bonds is 7. The average molecular weight is 173 g/mol. The Bertz CT molecular complexity index is 115. The zero-order valence-corrected chi connectivity index (χ0v) is 8.06. The van der Waals surface area contributed by atoms with Gasteiger partial charge in [-0.2, -0.15) is 0 Å². The van der Waals surface area contributed by atoms with Crippen LogP contribution >= 0.6 is 0 Å². The maximum absolute atomic E-state index is 10.6. The maximum Gasteiger partial charge on any atom is 0.319 e. The van der Waals surface area contributed by atoms with Crippen LogP contribution in [0.15, 0.2) is 0 Å². The van der Waals surface area contributed by atoms with Gasteiger partial charge in [-0.25, -0.2) is 0 Å². The van der Waals surface area contributed by atoms with Crippen LogP contribution in [-0.4, -0.2) is 26.2 Å². The molecule has 0 saturated heterocycles. The number of carbonyl (C=O) groups is 1. The molecular weight excluding hydrogens is 154 g/mol. The highest BCUT2D eigenvalue weighted by Gasteiger charge is 1.96. The van der Waals surface area contributed by atoms with Gasteiger partial charge in [0.05, 0.1) is 13.7 Å². The smallest absolute Gasteiger partial charge is 0.319 e. The van der Waals surface area contributed by atoms with Crippen LogP contribution < -0.4 is 5.32 Å². The molecule has 0 spiro atoms. The lowest BCUT2D eigenvalue weighted by atomic mass is 10.2. The Balaban J connectivity index is 2.95. The molecular formula is C9H19NO2. The second kappa shape index (κ2) is 8.53. The first-order valence-corrected chi connectivity index (χ1v) is 4.58. The van der Waals surface area contributed by atoms with E-state index >= 15 is 0 Å². The molecule has 3 nitrogen and oxygen atoms in total. The van der Waals surface area contributed by atoms with Gasteiger partial charge < -0.3 is 10.1 Å². The van der Waals surface area contributed by atoms with E-state index in [4.69, 9.17) is 0 Å². The number of esters is 1. The first-order chi connectivity index (χ1) is 5.81. The van der Waals surface area contributed by atoms with Crippen LogP contribution in [0, 0.1) is 0 Å². The molecule has 3 heteroatoms. The minimum Gasteiger partial charge on any atom is -0.468 e. The van der Waals surface area contributed by atoms with Gasteiger partial charge in [-0.15, -0.1) is 0 Å². The molecule has 0 aliphatic heterocycles. The predicted molar refractivity (Wildman–Crippen MR) is 49.0 cm³/mol. The molecule has 0 bridgehead atoms. The van der Waals surface area contributed by atoms with E-state index in [1.54, 1.807) is 0 Å². The van der Waals surface area contributed by atoms with Crippen molar-refractivity contribution in [2.45, 2.75) is 32.6 Å². The van der Waals surface area contributed by atoms with Gasteiger partial charge in [0.15, 0.2) is 0 Å². The molecule has 0 fully saturated rings. The van der Waals surface area contributed by atoms with Crippen LogP contribution in [0.4, 0.5) is 0 Å². The number of methoxy groups -OCH3 is 1. The fourth-order valence-corrected chi connectivity index (χ4v) is 0.939. The second-order valence-electron chi connectivity index (χ2n) is 2.81. The van der Waals surface area contributed by atoms with E-state index in [1.165, 1.54) is 26.4 Å². The Morgan fingerprint density at radius 2 is 2.08 bits per heavy atom. The largest absolute Gasteiger partial charge is 0.468 e. The van der Waals surface area contributed by atoms with Crippen molar-refractivity contribution in [1.82, 2.24) is 5.32 Å². The highest BCUT2D eigenvalue weighted by molar-refractivity contribution is 5.71. The van der Waals surface area contributed by atoms with Gasteiger partial charge >= 0.3 is 5.97 Å². The lowest BCUT2D eigenvalue weighted by Crippen LogP contribution is -2.24. The van der Waals surface area contributed by atoms with E-state index < -0.39 is 0 Å². The van der Waals surface area contributed by atoms with Crippen molar-refractivity contribution in [3.63, 3.8) is 0 Å². The van der Waals surface area contributed by atoms with Crippen molar-refractivity contribution in [3.05, 3.63) is 0 Å². The van der Waals surface area contributed by atoms with Crippen molar-refractivity contribution in [3.8, 4) is 0 Å². The van der Waals surface area contributed by atoms with Crippen LogP contribution in [0.1, 0.15) is 32.6 Å². The normalized spacial score (nSPS) is 9.83. The summed E-state index contributed by atoms with van der Waals surface area (Å²) in [5, 5.41) is 3.02. The Labute approximate surface area is 74.5 Å². The summed E-state index contributed by atoms with van der Waals surface area (Å²) < 4.78 is 4.48. The van der Waals surface area contributed by atoms with E-state index in [0.29, 0.717) is 6.54 Å². The van der Waals surface area contributed by atoms with Gasteiger partial charge in [-0.05, 0) is 13.0 Å². The first kappa shape index (κ1) is 11.4. The molecule has 0 unspecified atom stereocenters. The summed E-state index contributed by atoms with van der Waals surface area (Å²) in [6.45, 7) is 3.43. The minimum atomic E-state index is -0.189. The van der Waals surface area contributed by atoms with Crippen LogP contribution in [-0.2, 0) is 9.53 Å². The molecule has 12 heavy (non-hydrogen) atoms. The van der Waals surface area contributed by atoms with Gasteiger partial charge in [0.2, 0.25) is 0 Å². The van der Waals surface area contributed by atoms with Crippen LogP contribution in [0.3, 0.4) is 0 Å². The third-order valence-electron chi connectivity index (χ3n) is 1.70. The third kappa shape index (κ3) is 7.54. The van der Waals surface area contributed by atoms with Crippen LogP contribution in [0.5, 0.6) is 0 Å². The zero-order chi connectivity index (χ0) is 9.23. The molecule has 0 aromatic carbocycles. The molecule has 0 aromatic rings. The molecule has 0 aromatic heterocycles. The van der Waals surface area contributed by atoms with Gasteiger partial charge in [0.25, 0.3) is 0 Å². The number of nitrogens with one attached hydrogen (secondary N) is 1. The lowest BCUT2D eigenvalue weighted by molar-refractivity contribution is -0.139. The van der Waals surface area contributed by atoms with Gasteiger partial charge in [-0.3, -0.25) is 4.79 Å². The van der Waals surface area contributed by atoms with E-state index in [2.05, 4.69) is 17.0 Å². The van der Waals surface area contributed by atoms with Gasteiger partial charge in [0.1, 0.15) is 0 Å². The highest BCUT2D eigenvalue weighted by atomic mass is 16.5.